The predicted molar refractivity (Wildman–Crippen MR) is 127 cm³/mol. The minimum absolute atomic E-state index is 0.0538. The quantitative estimate of drug-likeness (QED) is 0.361. The lowest BCUT2D eigenvalue weighted by Gasteiger charge is -2.11. The van der Waals surface area contributed by atoms with Gasteiger partial charge < -0.3 is 30.0 Å². The van der Waals surface area contributed by atoms with Gasteiger partial charge in [-0.2, -0.15) is 5.10 Å². The van der Waals surface area contributed by atoms with Crippen LogP contribution in [0, 0.1) is 0 Å². The monoisotopic (exact) mass is 486 g/mol. The molecule has 11 nitrogen and oxygen atoms in total. The minimum atomic E-state index is -1.23. The molecule has 12 heteroatoms. The highest BCUT2D eigenvalue weighted by molar-refractivity contribution is 8.15. The van der Waals surface area contributed by atoms with E-state index >= 15 is 0 Å². The smallest absolute Gasteiger partial charge is 0.340 e. The number of carboxylic acids is 1. The molecule has 1 aliphatic heterocycles. The molecule has 1 unspecified atom stereocenters. The molecule has 2 aromatic rings. The summed E-state index contributed by atoms with van der Waals surface area (Å²) in [6.45, 7) is 0. The number of nitrogens with one attached hydrogen (secondary N) is 2. The summed E-state index contributed by atoms with van der Waals surface area (Å²) in [5.74, 6) is -0.957. The molecule has 0 saturated carbocycles. The maximum absolute atomic E-state index is 12.3. The van der Waals surface area contributed by atoms with Crippen LogP contribution >= 0.6 is 11.8 Å². The number of hydrogen-bond donors (Lipinski definition) is 3. The Labute approximate surface area is 199 Å². The summed E-state index contributed by atoms with van der Waals surface area (Å²) in [6.07, 6.45) is 1.17. The highest BCUT2D eigenvalue weighted by atomic mass is 32.2. The van der Waals surface area contributed by atoms with E-state index in [-0.39, 0.29) is 46.0 Å². The molecule has 1 heterocycles. The number of carboxylic acid groups (broad SMARTS) is 1. The van der Waals surface area contributed by atoms with Crippen molar-refractivity contribution in [2.75, 3.05) is 26.6 Å². The number of anilines is 1. The van der Waals surface area contributed by atoms with E-state index in [2.05, 4.69) is 20.8 Å². The number of carbonyl (C=O) groups excluding carboxylic acids is 2. The molecular weight excluding hydrogens is 464 g/mol. The van der Waals surface area contributed by atoms with Gasteiger partial charge in [0.05, 0.1) is 27.5 Å². The lowest BCUT2D eigenvalue weighted by molar-refractivity contribution is -0.122. The van der Waals surface area contributed by atoms with Crippen LogP contribution in [0.4, 0.5) is 5.69 Å². The van der Waals surface area contributed by atoms with Crippen LogP contribution < -0.4 is 24.8 Å². The van der Waals surface area contributed by atoms with Crippen LogP contribution in [-0.4, -0.2) is 60.9 Å². The van der Waals surface area contributed by atoms with E-state index in [1.54, 1.807) is 37.4 Å². The second-order valence-corrected chi connectivity index (χ2v) is 7.99. The maximum Gasteiger partial charge on any atom is 0.340 e. The molecule has 1 atom stereocenters. The lowest BCUT2D eigenvalue weighted by Crippen LogP contribution is -2.28. The molecule has 0 aromatic heterocycles. The Balaban J connectivity index is 1.65. The zero-order valence-corrected chi connectivity index (χ0v) is 19.3. The second-order valence-electron chi connectivity index (χ2n) is 6.80. The van der Waals surface area contributed by atoms with Crippen molar-refractivity contribution in [3.63, 3.8) is 0 Å². The van der Waals surface area contributed by atoms with E-state index in [1.807, 2.05) is 0 Å². The first-order valence-corrected chi connectivity index (χ1v) is 10.7. The Morgan fingerprint density at radius 3 is 2.47 bits per heavy atom. The van der Waals surface area contributed by atoms with Gasteiger partial charge in [-0.15, -0.1) is 5.10 Å². The van der Waals surface area contributed by atoms with Gasteiger partial charge in [-0.1, -0.05) is 11.8 Å². The molecule has 0 radical (unpaired) electrons. The number of aromatic carboxylic acids is 1. The van der Waals surface area contributed by atoms with Crippen LogP contribution in [0.2, 0.25) is 0 Å². The maximum atomic E-state index is 12.3. The van der Waals surface area contributed by atoms with Crippen molar-refractivity contribution in [3.05, 3.63) is 47.5 Å². The topological polar surface area (TPSA) is 148 Å². The fourth-order valence-corrected chi connectivity index (χ4v) is 3.98. The molecular formula is C22H22N4O7S. The number of hydrogen-bond acceptors (Lipinski definition) is 9. The standard InChI is InChI=1S/C22H22N4O7S/c1-31-14-7-5-13(6-8-14)24-17(27)10-16-20(28)25-22(34-16)26-23-11-12-4-9-15(32-2)19(33-3)18(12)21(29)30/h4-9,11,16H,10H2,1-3H3,(H,24,27)(H,29,30)(H,25,26,28)/b23-11-. The Morgan fingerprint density at radius 2 is 1.85 bits per heavy atom. The van der Waals surface area contributed by atoms with Crippen molar-refractivity contribution >= 4 is 46.6 Å². The second kappa shape index (κ2) is 11.2. The summed E-state index contributed by atoms with van der Waals surface area (Å²) in [6, 6.07) is 9.86. The predicted octanol–water partition coefficient (Wildman–Crippen LogP) is 2.36. The molecule has 2 aromatic carbocycles. The largest absolute Gasteiger partial charge is 0.497 e. The van der Waals surface area contributed by atoms with Gasteiger partial charge in [-0.25, -0.2) is 4.79 Å². The van der Waals surface area contributed by atoms with E-state index in [1.165, 1.54) is 26.5 Å². The van der Waals surface area contributed by atoms with Gasteiger partial charge in [0.1, 0.15) is 16.6 Å². The van der Waals surface area contributed by atoms with E-state index in [9.17, 15) is 19.5 Å². The Hall–Kier alpha value is -4.06. The average molecular weight is 487 g/mol. The zero-order valence-electron chi connectivity index (χ0n) is 18.5. The van der Waals surface area contributed by atoms with Gasteiger partial charge in [0.25, 0.3) is 0 Å². The lowest BCUT2D eigenvalue weighted by atomic mass is 10.1. The normalized spacial score (nSPS) is 16.4. The van der Waals surface area contributed by atoms with Gasteiger partial charge >= 0.3 is 5.97 Å². The van der Waals surface area contributed by atoms with E-state index in [4.69, 9.17) is 14.2 Å². The number of amides is 2. The summed E-state index contributed by atoms with van der Waals surface area (Å²) >= 11 is 1.06. The first-order valence-electron chi connectivity index (χ1n) is 9.87. The van der Waals surface area contributed by atoms with E-state index in [0.717, 1.165) is 11.8 Å². The average Bonchev–Trinajstić information content (AvgIpc) is 3.17. The fraction of sp³-hybridized carbons (Fsp3) is 0.227. The number of benzene rings is 2. The molecule has 0 spiro atoms. The third-order valence-electron chi connectivity index (χ3n) is 4.66. The highest BCUT2D eigenvalue weighted by Gasteiger charge is 2.32. The van der Waals surface area contributed by atoms with Crippen LogP contribution in [0.15, 0.2) is 46.6 Å². The number of ether oxygens (including phenoxy) is 3. The van der Waals surface area contributed by atoms with Crippen molar-refractivity contribution in [2.24, 2.45) is 10.2 Å². The Kier molecular flexibility index (Phi) is 8.09. The van der Waals surface area contributed by atoms with Crippen LogP contribution in [-0.2, 0) is 9.59 Å². The fourth-order valence-electron chi connectivity index (χ4n) is 3.06. The Morgan fingerprint density at radius 1 is 1.12 bits per heavy atom. The minimum Gasteiger partial charge on any atom is -0.497 e. The van der Waals surface area contributed by atoms with Gasteiger partial charge in [0, 0.05) is 17.7 Å². The van der Waals surface area contributed by atoms with Crippen molar-refractivity contribution in [1.29, 1.82) is 0 Å². The van der Waals surface area contributed by atoms with Crippen molar-refractivity contribution in [1.82, 2.24) is 5.32 Å². The van der Waals surface area contributed by atoms with E-state index in [0.29, 0.717) is 11.4 Å². The Bertz CT molecular complexity index is 1150. The molecule has 0 bridgehead atoms. The molecule has 34 heavy (non-hydrogen) atoms. The first-order chi connectivity index (χ1) is 16.4. The third kappa shape index (κ3) is 5.84. The third-order valence-corrected chi connectivity index (χ3v) is 5.73. The van der Waals surface area contributed by atoms with Gasteiger partial charge in [0.2, 0.25) is 11.8 Å². The molecule has 178 valence electrons. The summed E-state index contributed by atoms with van der Waals surface area (Å²) in [7, 11) is 4.28. The van der Waals surface area contributed by atoms with Crippen LogP contribution in [0.5, 0.6) is 17.2 Å². The van der Waals surface area contributed by atoms with Crippen LogP contribution in [0.1, 0.15) is 22.3 Å². The molecule has 0 aliphatic carbocycles. The number of nitrogens with zero attached hydrogens (tertiary/aromatic N) is 2. The molecule has 1 fully saturated rings. The summed E-state index contributed by atoms with van der Waals surface area (Å²) < 4.78 is 15.4. The van der Waals surface area contributed by atoms with Crippen LogP contribution in [0.25, 0.3) is 0 Å². The number of thioether (sulfide) groups is 1. The van der Waals surface area contributed by atoms with Crippen molar-refractivity contribution < 1.29 is 33.7 Å². The summed E-state index contributed by atoms with van der Waals surface area (Å²) in [5.41, 5.74) is 0.679. The first kappa shape index (κ1) is 24.6. The molecule has 1 saturated heterocycles. The van der Waals surface area contributed by atoms with Gasteiger partial charge in [-0.05, 0) is 36.4 Å². The summed E-state index contributed by atoms with van der Waals surface area (Å²) in [4.78, 5) is 36.2. The molecule has 1 aliphatic rings. The summed E-state index contributed by atoms with van der Waals surface area (Å²) in [5, 5.41) is 22.2. The number of carbonyl (C=O) groups is 3. The number of methoxy groups -OCH3 is 3. The zero-order chi connectivity index (χ0) is 24.7. The van der Waals surface area contributed by atoms with E-state index < -0.39 is 11.2 Å². The highest BCUT2D eigenvalue weighted by Crippen LogP contribution is 2.33. The molecule has 2 amide bonds. The van der Waals surface area contributed by atoms with Gasteiger partial charge in [-0.3, -0.25) is 9.59 Å². The van der Waals surface area contributed by atoms with Crippen LogP contribution in [0.3, 0.4) is 0 Å². The number of amidine groups is 1. The van der Waals surface area contributed by atoms with Crippen molar-refractivity contribution in [2.45, 2.75) is 11.7 Å². The van der Waals surface area contributed by atoms with Crippen molar-refractivity contribution in [3.8, 4) is 17.2 Å². The number of rotatable bonds is 9. The SMILES string of the molecule is COc1ccc(NC(=O)CC2S/C(=N/N=C\c3ccc(OC)c(OC)c3C(=O)O)NC2=O)cc1. The molecule has 3 rings (SSSR count). The van der Waals surface area contributed by atoms with Gasteiger partial charge in [0.15, 0.2) is 16.7 Å². The molecule has 3 N–H and O–H groups in total.